The summed E-state index contributed by atoms with van der Waals surface area (Å²) in [5.74, 6) is 0.927. The summed E-state index contributed by atoms with van der Waals surface area (Å²) in [5, 5.41) is 11.9. The average Bonchev–Trinajstić information content (AvgIpc) is 2.57. The molecule has 130 valence electrons. The fourth-order valence-corrected chi connectivity index (χ4v) is 2.36. The van der Waals surface area contributed by atoms with Crippen LogP contribution in [0, 0.1) is 6.92 Å². The van der Waals surface area contributed by atoms with Gasteiger partial charge in [-0.3, -0.25) is 14.2 Å². The topological polar surface area (TPSA) is 103 Å². The van der Waals surface area contributed by atoms with Gasteiger partial charge < -0.3 is 19.9 Å². The summed E-state index contributed by atoms with van der Waals surface area (Å²) in [6.07, 6.45) is 0. The summed E-state index contributed by atoms with van der Waals surface area (Å²) >= 11 is 0. The Bertz CT molecular complexity index is 815. The first-order valence-corrected chi connectivity index (χ1v) is 7.44. The second-order valence-corrected chi connectivity index (χ2v) is 5.43. The number of rotatable bonds is 6. The van der Waals surface area contributed by atoms with Gasteiger partial charge in [-0.05, 0) is 19.9 Å². The number of nitrogens with zero attached hydrogens (tertiary/aromatic N) is 2. The number of aryl methyl sites for hydroxylation is 1. The Labute approximate surface area is 139 Å². The lowest BCUT2D eigenvalue weighted by atomic mass is 10.2. The lowest BCUT2D eigenvalue weighted by molar-refractivity contribution is -0.122. The van der Waals surface area contributed by atoms with Crippen LogP contribution in [-0.4, -0.2) is 47.4 Å². The SMILES string of the molecule is COc1cc2nc(C)n(CC(=O)NC(C)CO)c(=O)c2cc1OC. The van der Waals surface area contributed by atoms with Gasteiger partial charge in [0.05, 0.1) is 31.7 Å². The normalized spacial score (nSPS) is 12.0. The number of amides is 1. The number of methoxy groups -OCH3 is 2. The highest BCUT2D eigenvalue weighted by Gasteiger charge is 2.15. The number of hydrogen-bond acceptors (Lipinski definition) is 6. The molecule has 8 nitrogen and oxygen atoms in total. The lowest BCUT2D eigenvalue weighted by Crippen LogP contribution is -2.39. The molecule has 0 aliphatic carbocycles. The van der Waals surface area contributed by atoms with Crippen molar-refractivity contribution < 1.29 is 19.4 Å². The van der Waals surface area contributed by atoms with Gasteiger partial charge in [0, 0.05) is 12.1 Å². The van der Waals surface area contributed by atoms with Crippen LogP contribution >= 0.6 is 0 Å². The summed E-state index contributed by atoms with van der Waals surface area (Å²) in [6.45, 7) is 2.97. The van der Waals surface area contributed by atoms with Crippen molar-refractivity contribution in [3.63, 3.8) is 0 Å². The van der Waals surface area contributed by atoms with E-state index >= 15 is 0 Å². The molecule has 1 amide bonds. The van der Waals surface area contributed by atoms with Gasteiger partial charge >= 0.3 is 0 Å². The molecule has 8 heteroatoms. The van der Waals surface area contributed by atoms with Crippen molar-refractivity contribution in [3.8, 4) is 11.5 Å². The molecule has 0 fully saturated rings. The van der Waals surface area contributed by atoms with Gasteiger partial charge in [-0.25, -0.2) is 4.98 Å². The molecule has 0 aliphatic rings. The molecule has 1 heterocycles. The minimum atomic E-state index is -0.383. The van der Waals surface area contributed by atoms with Crippen molar-refractivity contribution in [1.29, 1.82) is 0 Å². The van der Waals surface area contributed by atoms with Crippen molar-refractivity contribution in [2.24, 2.45) is 0 Å². The fourth-order valence-electron chi connectivity index (χ4n) is 2.36. The van der Waals surface area contributed by atoms with Crippen LogP contribution in [-0.2, 0) is 11.3 Å². The molecule has 2 rings (SSSR count). The number of carbonyl (C=O) groups is 1. The molecular formula is C16H21N3O5. The summed E-state index contributed by atoms with van der Waals surface area (Å²) in [6, 6.07) is 2.79. The zero-order chi connectivity index (χ0) is 17.9. The smallest absolute Gasteiger partial charge is 0.262 e. The van der Waals surface area contributed by atoms with Gasteiger partial charge in [-0.2, -0.15) is 0 Å². The Hall–Kier alpha value is -2.61. The van der Waals surface area contributed by atoms with Crippen LogP contribution in [0.25, 0.3) is 10.9 Å². The van der Waals surface area contributed by atoms with E-state index in [2.05, 4.69) is 10.3 Å². The Kier molecular flexibility index (Phi) is 5.40. The molecular weight excluding hydrogens is 314 g/mol. The average molecular weight is 335 g/mol. The van der Waals surface area contributed by atoms with E-state index in [1.807, 2.05) is 0 Å². The number of hydrogen-bond donors (Lipinski definition) is 2. The maximum Gasteiger partial charge on any atom is 0.262 e. The van der Waals surface area contributed by atoms with E-state index in [0.717, 1.165) is 0 Å². The first kappa shape index (κ1) is 17.7. The number of nitrogens with one attached hydrogen (secondary N) is 1. The molecule has 24 heavy (non-hydrogen) atoms. The van der Waals surface area contributed by atoms with E-state index in [9.17, 15) is 9.59 Å². The minimum Gasteiger partial charge on any atom is -0.493 e. The third-order valence-corrected chi connectivity index (χ3v) is 3.63. The number of fused-ring (bicyclic) bond motifs is 1. The maximum atomic E-state index is 12.7. The largest absolute Gasteiger partial charge is 0.493 e. The Balaban J connectivity index is 2.49. The zero-order valence-corrected chi connectivity index (χ0v) is 14.1. The highest BCUT2D eigenvalue weighted by molar-refractivity contribution is 5.82. The molecule has 0 saturated heterocycles. The van der Waals surface area contributed by atoms with Crippen LogP contribution in [0.3, 0.4) is 0 Å². The summed E-state index contributed by atoms with van der Waals surface area (Å²) in [4.78, 5) is 29.1. The first-order valence-electron chi connectivity index (χ1n) is 7.44. The summed E-state index contributed by atoms with van der Waals surface area (Å²) in [5.41, 5.74) is 0.126. The van der Waals surface area contributed by atoms with E-state index < -0.39 is 0 Å². The van der Waals surface area contributed by atoms with Crippen molar-refractivity contribution in [2.75, 3.05) is 20.8 Å². The van der Waals surface area contributed by atoms with Crippen LogP contribution in [0.5, 0.6) is 11.5 Å². The molecule has 0 saturated carbocycles. The summed E-state index contributed by atoms with van der Waals surface area (Å²) in [7, 11) is 2.98. The van der Waals surface area contributed by atoms with Gasteiger partial charge in [0.15, 0.2) is 11.5 Å². The number of aromatic nitrogens is 2. The van der Waals surface area contributed by atoms with E-state index in [0.29, 0.717) is 28.2 Å². The van der Waals surface area contributed by atoms with Crippen LogP contribution in [0.4, 0.5) is 0 Å². The van der Waals surface area contributed by atoms with E-state index in [-0.39, 0.29) is 30.7 Å². The zero-order valence-electron chi connectivity index (χ0n) is 14.1. The standard InChI is InChI=1S/C16H21N3O5/c1-9(8-20)17-15(21)7-19-10(2)18-12-6-14(24-4)13(23-3)5-11(12)16(19)22/h5-6,9,20H,7-8H2,1-4H3,(H,17,21). The highest BCUT2D eigenvalue weighted by atomic mass is 16.5. The number of benzene rings is 1. The van der Waals surface area contributed by atoms with E-state index in [1.165, 1.54) is 18.8 Å². The number of aliphatic hydroxyl groups is 1. The molecule has 1 atom stereocenters. The first-order chi connectivity index (χ1) is 11.4. The molecule has 0 aliphatic heterocycles. The quantitative estimate of drug-likeness (QED) is 0.783. The van der Waals surface area contributed by atoms with Crippen molar-refractivity contribution in [2.45, 2.75) is 26.4 Å². The molecule has 0 bridgehead atoms. The fraction of sp³-hybridized carbons (Fsp3) is 0.438. The number of ether oxygens (including phenoxy) is 2. The van der Waals surface area contributed by atoms with Crippen molar-refractivity contribution in [1.82, 2.24) is 14.9 Å². The molecule has 0 spiro atoms. The second kappa shape index (κ2) is 7.31. The second-order valence-electron chi connectivity index (χ2n) is 5.43. The van der Waals surface area contributed by atoms with Crippen molar-refractivity contribution >= 4 is 16.8 Å². The third-order valence-electron chi connectivity index (χ3n) is 3.63. The van der Waals surface area contributed by atoms with Crippen LogP contribution in [0.2, 0.25) is 0 Å². The molecule has 2 N–H and O–H groups in total. The molecule has 0 radical (unpaired) electrons. The van der Waals surface area contributed by atoms with Crippen LogP contribution in [0.1, 0.15) is 12.7 Å². The van der Waals surface area contributed by atoms with E-state index in [1.54, 1.807) is 26.0 Å². The maximum absolute atomic E-state index is 12.7. The van der Waals surface area contributed by atoms with Crippen LogP contribution < -0.4 is 20.3 Å². The Morgan fingerprint density at radius 1 is 1.33 bits per heavy atom. The van der Waals surface area contributed by atoms with Gasteiger partial charge in [0.2, 0.25) is 5.91 Å². The van der Waals surface area contributed by atoms with Crippen LogP contribution in [0.15, 0.2) is 16.9 Å². The molecule has 1 aromatic carbocycles. The third kappa shape index (κ3) is 3.48. The highest BCUT2D eigenvalue weighted by Crippen LogP contribution is 2.30. The predicted molar refractivity (Wildman–Crippen MR) is 88.5 cm³/mol. The Morgan fingerprint density at radius 2 is 1.96 bits per heavy atom. The van der Waals surface area contributed by atoms with Gasteiger partial charge in [-0.1, -0.05) is 0 Å². The molecule has 1 unspecified atom stereocenters. The van der Waals surface area contributed by atoms with E-state index in [4.69, 9.17) is 14.6 Å². The summed E-state index contributed by atoms with van der Waals surface area (Å²) < 4.78 is 11.7. The van der Waals surface area contributed by atoms with Gasteiger partial charge in [0.25, 0.3) is 5.56 Å². The van der Waals surface area contributed by atoms with Gasteiger partial charge in [-0.15, -0.1) is 0 Å². The van der Waals surface area contributed by atoms with Crippen molar-refractivity contribution in [3.05, 3.63) is 28.3 Å². The molecule has 1 aromatic heterocycles. The molecule has 2 aromatic rings. The lowest BCUT2D eigenvalue weighted by Gasteiger charge is -2.15. The Morgan fingerprint density at radius 3 is 2.54 bits per heavy atom. The predicted octanol–water partition coefficient (Wildman–Crippen LogP) is 0.219. The number of aliphatic hydroxyl groups excluding tert-OH is 1. The van der Waals surface area contributed by atoms with Gasteiger partial charge in [0.1, 0.15) is 12.4 Å². The monoisotopic (exact) mass is 335 g/mol. The number of carbonyl (C=O) groups excluding carboxylic acids is 1. The minimum absolute atomic E-state index is 0.174.